The fourth-order valence-electron chi connectivity index (χ4n) is 4.22. The molecule has 0 heterocycles. The van der Waals surface area contributed by atoms with Gasteiger partial charge in [-0.15, -0.1) is 20.8 Å². The Kier molecular flexibility index (Phi) is 30.3. The zero-order valence-electron chi connectivity index (χ0n) is 30.9. The molecule has 246 valence electrons. The molecule has 9 heteroatoms. The number of rotatable bonds is 0. The SMILES string of the molecule is CC(=O)[O-].CC(=O)[O-].CC(=O)[O-].CC1=[C-]C(C)(C)C(C)=C1C.CC1=[C-]C(C)(C)C(C)=C1C.CC1=[C-]C(C)(C)C(C)=C1C.[Ti+2].[Ti+2].[Ti+2]. The average Bonchev–Trinajstić information content (AvgIpc) is 3.16. The smallest absolute Gasteiger partial charge is 0.550 e. The fraction of sp³-hybridized carbons (Fsp3) is 0.583. The Labute approximate surface area is 319 Å². The summed E-state index contributed by atoms with van der Waals surface area (Å²) < 4.78 is 0. The van der Waals surface area contributed by atoms with Gasteiger partial charge in [0.25, 0.3) is 0 Å². The summed E-state index contributed by atoms with van der Waals surface area (Å²) in [4.78, 5) is 26.7. The van der Waals surface area contributed by atoms with Crippen LogP contribution in [-0.2, 0) is 79.5 Å². The summed E-state index contributed by atoms with van der Waals surface area (Å²) in [5.41, 5.74) is 13.2. The van der Waals surface area contributed by atoms with Gasteiger partial charge in [0.1, 0.15) is 0 Å². The first-order chi connectivity index (χ1) is 18.5. The van der Waals surface area contributed by atoms with Crippen LogP contribution < -0.4 is 15.3 Å². The first kappa shape index (κ1) is 56.3. The number of allylic oxidation sites excluding steroid dienone is 12. The van der Waals surface area contributed by atoms with E-state index in [9.17, 15) is 0 Å². The summed E-state index contributed by atoms with van der Waals surface area (Å²) in [6, 6.07) is 0. The maximum Gasteiger partial charge on any atom is 2.00 e. The number of carboxylic acid groups (broad SMARTS) is 3. The molecule has 6 nitrogen and oxygen atoms in total. The van der Waals surface area contributed by atoms with Crippen LogP contribution in [0.4, 0.5) is 0 Å². The third kappa shape index (κ3) is 23.0. The van der Waals surface area contributed by atoms with Crippen LogP contribution in [0.3, 0.4) is 0 Å². The first-order valence-corrected chi connectivity index (χ1v) is 14.0. The quantitative estimate of drug-likeness (QED) is 0.237. The molecule has 0 aliphatic heterocycles. The number of hydrogen-bond donors (Lipinski definition) is 0. The van der Waals surface area contributed by atoms with Crippen molar-refractivity contribution in [3.63, 3.8) is 0 Å². The van der Waals surface area contributed by atoms with Crippen molar-refractivity contribution in [3.05, 3.63) is 68.4 Å². The fourth-order valence-corrected chi connectivity index (χ4v) is 4.22. The van der Waals surface area contributed by atoms with Gasteiger partial charge in [0, 0.05) is 17.9 Å². The van der Waals surface area contributed by atoms with Gasteiger partial charge in [0.05, 0.1) is 0 Å². The third-order valence-corrected chi connectivity index (χ3v) is 7.69. The normalized spacial score (nSPS) is 17.3. The van der Waals surface area contributed by atoms with Crippen molar-refractivity contribution in [1.82, 2.24) is 0 Å². The molecule has 3 aliphatic rings. The Balaban J connectivity index is -0.000000105. The van der Waals surface area contributed by atoms with Crippen LogP contribution in [-0.4, -0.2) is 17.9 Å². The van der Waals surface area contributed by atoms with Crippen LogP contribution in [0.5, 0.6) is 0 Å². The monoisotopic (exact) mass is 726 g/mol. The minimum atomic E-state index is -1.08. The molecule has 0 radical (unpaired) electrons. The summed E-state index contributed by atoms with van der Waals surface area (Å²) in [6.07, 6.45) is 10.3. The van der Waals surface area contributed by atoms with Crippen molar-refractivity contribution in [1.29, 1.82) is 0 Å². The van der Waals surface area contributed by atoms with Gasteiger partial charge >= 0.3 is 65.2 Å². The van der Waals surface area contributed by atoms with E-state index in [0.29, 0.717) is 0 Å². The molecular weight excluding hydrogens is 672 g/mol. The molecule has 0 bridgehead atoms. The van der Waals surface area contributed by atoms with E-state index in [1.807, 2.05) is 0 Å². The molecule has 45 heavy (non-hydrogen) atoms. The van der Waals surface area contributed by atoms with E-state index >= 15 is 0 Å². The van der Waals surface area contributed by atoms with Gasteiger partial charge in [-0.3, -0.25) is 18.2 Å². The summed E-state index contributed by atoms with van der Waals surface area (Å²) in [7, 11) is 0. The second kappa shape index (κ2) is 24.2. The predicted molar refractivity (Wildman–Crippen MR) is 166 cm³/mol. The van der Waals surface area contributed by atoms with Gasteiger partial charge in [0.15, 0.2) is 0 Å². The van der Waals surface area contributed by atoms with Crippen molar-refractivity contribution < 1.29 is 94.9 Å². The molecule has 0 atom stereocenters. The Morgan fingerprint density at radius 2 is 0.533 bits per heavy atom. The summed E-state index contributed by atoms with van der Waals surface area (Å²) in [5.74, 6) is -3.25. The van der Waals surface area contributed by atoms with Crippen molar-refractivity contribution in [2.24, 2.45) is 16.2 Å². The number of aliphatic carboxylic acids is 3. The largest absolute Gasteiger partial charge is 2.00 e. The second-order valence-corrected chi connectivity index (χ2v) is 12.3. The molecule has 3 aliphatic carbocycles. The maximum atomic E-state index is 8.89. The van der Waals surface area contributed by atoms with Crippen molar-refractivity contribution in [2.75, 3.05) is 0 Å². The number of carbonyl (C=O) groups excluding carboxylic acids is 3. The average molecular weight is 726 g/mol. The molecule has 0 saturated carbocycles. The third-order valence-electron chi connectivity index (χ3n) is 7.69. The Morgan fingerprint density at radius 1 is 0.422 bits per heavy atom. The standard InChI is InChI=1S/3C10H15.3C2H4O2.3Ti/c3*1-7-6-10(4,5)9(3)8(7)2;3*1-2(3)4;;;/h3*1-5H3;3*1H3,(H,3,4);;;/q3*-1;;;;3*+2/p-3. The molecule has 0 spiro atoms. The van der Waals surface area contributed by atoms with Gasteiger partial charge in [-0.1, -0.05) is 99.3 Å². The summed E-state index contributed by atoms with van der Waals surface area (Å²) in [6.45, 7) is 35.7. The first-order valence-electron chi connectivity index (χ1n) is 14.0. The molecule has 0 N–H and O–H groups in total. The van der Waals surface area contributed by atoms with Gasteiger partial charge in [-0.05, 0) is 20.8 Å². The van der Waals surface area contributed by atoms with Crippen LogP contribution in [0, 0.1) is 34.5 Å². The molecule has 3 rings (SSSR count). The van der Waals surface area contributed by atoms with Gasteiger partial charge in [0.2, 0.25) is 0 Å². The zero-order chi connectivity index (χ0) is 34.5. The van der Waals surface area contributed by atoms with E-state index in [1.165, 1.54) is 50.2 Å². The molecule has 0 saturated heterocycles. The minimum absolute atomic E-state index is 0. The van der Waals surface area contributed by atoms with Crippen LogP contribution >= 0.6 is 0 Å². The zero-order valence-corrected chi connectivity index (χ0v) is 35.6. The number of hydrogen-bond acceptors (Lipinski definition) is 6. The second-order valence-electron chi connectivity index (χ2n) is 12.3. The van der Waals surface area contributed by atoms with E-state index in [0.717, 1.165) is 20.8 Å². The Morgan fingerprint density at radius 3 is 0.556 bits per heavy atom. The minimum Gasteiger partial charge on any atom is -0.550 e. The molecule has 0 aromatic carbocycles. The molecule has 0 amide bonds. The van der Waals surface area contributed by atoms with E-state index in [4.69, 9.17) is 29.7 Å². The van der Waals surface area contributed by atoms with Crippen LogP contribution in [0.15, 0.2) is 50.2 Å². The summed E-state index contributed by atoms with van der Waals surface area (Å²) >= 11 is 0. The van der Waals surface area contributed by atoms with Crippen LogP contribution in [0.25, 0.3) is 0 Å². The summed E-state index contributed by atoms with van der Waals surface area (Å²) in [5, 5.41) is 26.7. The van der Waals surface area contributed by atoms with E-state index in [2.05, 4.69) is 122 Å². The van der Waals surface area contributed by atoms with Crippen LogP contribution in [0.2, 0.25) is 0 Å². The van der Waals surface area contributed by atoms with E-state index in [-0.39, 0.29) is 81.4 Å². The maximum absolute atomic E-state index is 8.89. The van der Waals surface area contributed by atoms with Crippen LogP contribution in [0.1, 0.15) is 125 Å². The molecule has 0 aromatic rings. The van der Waals surface area contributed by atoms with Crippen molar-refractivity contribution >= 4 is 17.9 Å². The Hall–Kier alpha value is -1.01. The van der Waals surface area contributed by atoms with Gasteiger partial charge < -0.3 is 29.7 Å². The van der Waals surface area contributed by atoms with Gasteiger partial charge in [-0.2, -0.15) is 33.4 Å². The Bertz CT molecular complexity index is 1030. The van der Waals surface area contributed by atoms with Crippen molar-refractivity contribution in [2.45, 2.75) is 125 Å². The predicted octanol–water partition coefficient (Wildman–Crippen LogP) is 5.60. The molecule has 0 unspecified atom stereocenters. The molecular formula is C36H54O6Ti3. The number of carbonyl (C=O) groups is 3. The van der Waals surface area contributed by atoms with Gasteiger partial charge in [-0.25, -0.2) is 16.7 Å². The van der Waals surface area contributed by atoms with E-state index in [1.54, 1.807) is 0 Å². The van der Waals surface area contributed by atoms with E-state index < -0.39 is 17.9 Å². The van der Waals surface area contributed by atoms with Crippen molar-refractivity contribution in [3.8, 4) is 0 Å². The molecule has 0 fully saturated rings. The topological polar surface area (TPSA) is 120 Å². The molecule has 0 aromatic heterocycles. The number of carboxylic acids is 3.